The molecule has 0 aliphatic carbocycles. The lowest BCUT2D eigenvalue weighted by Gasteiger charge is -2.08. The molecule has 0 atom stereocenters. The fraction of sp³-hybridized carbons (Fsp3) is 0.118. The van der Waals surface area contributed by atoms with Gasteiger partial charge in [-0.3, -0.25) is 4.79 Å². The Balaban J connectivity index is 1.73. The van der Waals surface area contributed by atoms with Crippen molar-refractivity contribution < 1.29 is 4.79 Å². The highest BCUT2D eigenvalue weighted by atomic mass is 16.1. The Morgan fingerprint density at radius 1 is 1.14 bits per heavy atom. The molecule has 0 spiro atoms. The van der Waals surface area contributed by atoms with E-state index in [1.807, 2.05) is 24.4 Å². The lowest BCUT2D eigenvalue weighted by atomic mass is 10.1. The van der Waals surface area contributed by atoms with E-state index >= 15 is 0 Å². The average Bonchev–Trinajstić information content (AvgIpc) is 3.00. The van der Waals surface area contributed by atoms with Gasteiger partial charge in [0.15, 0.2) is 0 Å². The zero-order chi connectivity index (χ0) is 14.7. The summed E-state index contributed by atoms with van der Waals surface area (Å²) in [7, 11) is 1.63. The van der Waals surface area contributed by atoms with Crippen LogP contribution in [-0.2, 0) is 6.54 Å². The number of anilines is 1. The number of amides is 1. The zero-order valence-electron chi connectivity index (χ0n) is 11.8. The first-order valence-electron chi connectivity index (χ1n) is 6.88. The van der Waals surface area contributed by atoms with E-state index in [-0.39, 0.29) is 5.91 Å². The second-order valence-corrected chi connectivity index (χ2v) is 4.91. The van der Waals surface area contributed by atoms with Gasteiger partial charge in [0.25, 0.3) is 5.91 Å². The van der Waals surface area contributed by atoms with Crippen LogP contribution >= 0.6 is 0 Å². The summed E-state index contributed by atoms with van der Waals surface area (Å²) in [6.45, 7) is 0.714. The quantitative estimate of drug-likeness (QED) is 0.687. The van der Waals surface area contributed by atoms with Gasteiger partial charge in [-0.05, 0) is 41.3 Å². The Morgan fingerprint density at radius 3 is 2.90 bits per heavy atom. The molecular weight excluding hydrogens is 262 g/mol. The minimum atomic E-state index is -0.0774. The lowest BCUT2D eigenvalue weighted by Crippen LogP contribution is -2.17. The first-order chi connectivity index (χ1) is 10.3. The number of H-pyrrole nitrogens is 1. The van der Waals surface area contributed by atoms with Crippen molar-refractivity contribution in [2.75, 3.05) is 12.4 Å². The Hall–Kier alpha value is -2.75. The monoisotopic (exact) mass is 279 g/mol. The Morgan fingerprint density at radius 2 is 2.05 bits per heavy atom. The highest BCUT2D eigenvalue weighted by Crippen LogP contribution is 2.16. The smallest absolute Gasteiger partial charge is 0.251 e. The number of carbonyl (C=O) groups excluding carboxylic acids is 1. The number of hydrogen-bond acceptors (Lipinski definition) is 2. The summed E-state index contributed by atoms with van der Waals surface area (Å²) in [5.41, 5.74) is 3.91. The Labute approximate surface area is 123 Å². The van der Waals surface area contributed by atoms with Crippen LogP contribution in [0.2, 0.25) is 0 Å². The van der Waals surface area contributed by atoms with E-state index < -0.39 is 0 Å². The number of aromatic amines is 1. The largest absolute Gasteiger partial charge is 0.381 e. The minimum Gasteiger partial charge on any atom is -0.381 e. The highest BCUT2D eigenvalue weighted by Gasteiger charge is 2.03. The van der Waals surface area contributed by atoms with Crippen LogP contribution in [0, 0.1) is 0 Å². The maximum absolute atomic E-state index is 11.6. The van der Waals surface area contributed by atoms with Crippen LogP contribution in [0.5, 0.6) is 0 Å². The molecule has 3 aromatic rings. The third-order valence-electron chi connectivity index (χ3n) is 3.47. The molecule has 2 aromatic carbocycles. The molecule has 0 aliphatic rings. The van der Waals surface area contributed by atoms with E-state index in [2.05, 4.69) is 39.9 Å². The van der Waals surface area contributed by atoms with Crippen LogP contribution in [0.15, 0.2) is 54.7 Å². The second kappa shape index (κ2) is 5.71. The molecule has 0 fully saturated rings. The van der Waals surface area contributed by atoms with E-state index in [4.69, 9.17) is 0 Å². The molecule has 4 heteroatoms. The van der Waals surface area contributed by atoms with Gasteiger partial charge >= 0.3 is 0 Å². The molecule has 3 rings (SSSR count). The lowest BCUT2D eigenvalue weighted by molar-refractivity contribution is 0.0963. The van der Waals surface area contributed by atoms with Gasteiger partial charge in [-0.15, -0.1) is 0 Å². The number of aromatic nitrogens is 1. The molecule has 106 valence electrons. The molecule has 4 nitrogen and oxygen atoms in total. The molecule has 1 heterocycles. The summed E-state index contributed by atoms with van der Waals surface area (Å²) in [5, 5.41) is 7.18. The van der Waals surface area contributed by atoms with Gasteiger partial charge in [-0.1, -0.05) is 18.2 Å². The molecule has 0 unspecified atom stereocenters. The van der Waals surface area contributed by atoms with Crippen LogP contribution < -0.4 is 10.6 Å². The van der Waals surface area contributed by atoms with Gasteiger partial charge in [-0.25, -0.2) is 0 Å². The van der Waals surface area contributed by atoms with E-state index in [1.54, 1.807) is 13.1 Å². The maximum atomic E-state index is 11.6. The number of fused-ring (bicyclic) bond motifs is 1. The third-order valence-corrected chi connectivity index (χ3v) is 3.47. The van der Waals surface area contributed by atoms with E-state index in [0.29, 0.717) is 12.1 Å². The van der Waals surface area contributed by atoms with Gasteiger partial charge in [0.05, 0.1) is 0 Å². The normalized spacial score (nSPS) is 10.5. The third kappa shape index (κ3) is 2.89. The minimum absolute atomic E-state index is 0.0774. The fourth-order valence-corrected chi connectivity index (χ4v) is 2.32. The predicted octanol–water partition coefficient (Wildman–Crippen LogP) is 3.14. The summed E-state index contributed by atoms with van der Waals surface area (Å²) in [6, 6.07) is 15.9. The maximum Gasteiger partial charge on any atom is 0.251 e. The molecule has 21 heavy (non-hydrogen) atoms. The van der Waals surface area contributed by atoms with Crippen LogP contribution in [0.1, 0.15) is 15.9 Å². The van der Waals surface area contributed by atoms with Crippen LogP contribution in [-0.4, -0.2) is 17.9 Å². The van der Waals surface area contributed by atoms with Crippen LogP contribution in [0.3, 0.4) is 0 Å². The number of hydrogen-bond donors (Lipinski definition) is 3. The molecule has 1 amide bonds. The summed E-state index contributed by atoms with van der Waals surface area (Å²) in [6.07, 6.45) is 1.94. The van der Waals surface area contributed by atoms with E-state index in [0.717, 1.165) is 11.2 Å². The standard InChI is InChI=1S/C17H17N3O/c1-18-17(21)14-3-2-4-15(10-14)20-11-12-5-6-13-7-8-19-16(13)9-12/h2-10,19-20H,11H2,1H3,(H,18,21). The van der Waals surface area contributed by atoms with Gasteiger partial charge in [0.2, 0.25) is 0 Å². The van der Waals surface area contributed by atoms with Crippen LogP contribution in [0.4, 0.5) is 5.69 Å². The van der Waals surface area contributed by atoms with Crippen LogP contribution in [0.25, 0.3) is 10.9 Å². The van der Waals surface area contributed by atoms with Gasteiger partial charge in [0.1, 0.15) is 0 Å². The highest BCUT2D eigenvalue weighted by molar-refractivity contribution is 5.94. The summed E-state index contributed by atoms with van der Waals surface area (Å²) >= 11 is 0. The molecule has 0 saturated heterocycles. The number of nitrogens with one attached hydrogen (secondary N) is 3. The van der Waals surface area contributed by atoms with Crippen molar-refractivity contribution in [3.05, 3.63) is 65.9 Å². The number of benzene rings is 2. The Kier molecular flexibility index (Phi) is 3.60. The fourth-order valence-electron chi connectivity index (χ4n) is 2.32. The zero-order valence-corrected chi connectivity index (χ0v) is 11.8. The summed E-state index contributed by atoms with van der Waals surface area (Å²) in [5.74, 6) is -0.0774. The molecule has 0 saturated carbocycles. The molecule has 3 N–H and O–H groups in total. The van der Waals surface area contributed by atoms with Crippen molar-refractivity contribution in [3.63, 3.8) is 0 Å². The predicted molar refractivity (Wildman–Crippen MR) is 85.5 cm³/mol. The SMILES string of the molecule is CNC(=O)c1cccc(NCc2ccc3cc[nH]c3c2)c1. The van der Waals surface area contributed by atoms with Crippen molar-refractivity contribution in [2.24, 2.45) is 0 Å². The van der Waals surface area contributed by atoms with Crippen molar-refractivity contribution in [1.29, 1.82) is 0 Å². The molecule has 0 radical (unpaired) electrons. The van der Waals surface area contributed by atoms with Crippen molar-refractivity contribution in [1.82, 2.24) is 10.3 Å². The number of carbonyl (C=O) groups is 1. The first kappa shape index (κ1) is 13.2. The topological polar surface area (TPSA) is 56.9 Å². The van der Waals surface area contributed by atoms with E-state index in [1.165, 1.54) is 10.9 Å². The molecule has 1 aromatic heterocycles. The van der Waals surface area contributed by atoms with Crippen molar-refractivity contribution in [3.8, 4) is 0 Å². The van der Waals surface area contributed by atoms with Gasteiger partial charge in [-0.2, -0.15) is 0 Å². The number of rotatable bonds is 4. The molecule has 0 bridgehead atoms. The molecular formula is C17H17N3O. The van der Waals surface area contributed by atoms with Gasteiger partial charge in [0, 0.05) is 36.6 Å². The molecule has 0 aliphatic heterocycles. The van der Waals surface area contributed by atoms with Crippen molar-refractivity contribution in [2.45, 2.75) is 6.54 Å². The summed E-state index contributed by atoms with van der Waals surface area (Å²) < 4.78 is 0. The first-order valence-corrected chi connectivity index (χ1v) is 6.88. The summed E-state index contributed by atoms with van der Waals surface area (Å²) in [4.78, 5) is 14.8. The van der Waals surface area contributed by atoms with Gasteiger partial charge < -0.3 is 15.6 Å². The second-order valence-electron chi connectivity index (χ2n) is 4.91. The van der Waals surface area contributed by atoms with Crippen molar-refractivity contribution >= 4 is 22.5 Å². The Bertz CT molecular complexity index is 776. The van der Waals surface area contributed by atoms with E-state index in [9.17, 15) is 4.79 Å². The average molecular weight is 279 g/mol.